The van der Waals surface area contributed by atoms with E-state index in [1.807, 2.05) is 24.3 Å². The Morgan fingerprint density at radius 2 is 2.32 bits per heavy atom. The summed E-state index contributed by atoms with van der Waals surface area (Å²) >= 11 is 5.86. The average Bonchev–Trinajstić information content (AvgIpc) is 2.40. The zero-order valence-electron chi connectivity index (χ0n) is 10.9. The smallest absolute Gasteiger partial charge is 0.224 e. The van der Waals surface area contributed by atoms with Crippen molar-refractivity contribution in [3.63, 3.8) is 0 Å². The van der Waals surface area contributed by atoms with Crippen LogP contribution in [0.4, 0.5) is 0 Å². The Kier molecular flexibility index (Phi) is 6.94. The molecule has 1 amide bonds. The highest BCUT2D eigenvalue weighted by atomic mass is 35.5. The number of ether oxygens (including phenoxy) is 1. The van der Waals surface area contributed by atoms with Gasteiger partial charge in [0.1, 0.15) is 0 Å². The van der Waals surface area contributed by atoms with Gasteiger partial charge in [0.25, 0.3) is 0 Å². The molecule has 0 aliphatic rings. The molecule has 0 aliphatic heterocycles. The molecule has 0 N–H and O–H groups in total. The SMILES string of the molecule is CN(CCC#N)C(=O)CCOCc1cccc(Cl)c1. The maximum atomic E-state index is 11.6. The average molecular weight is 281 g/mol. The number of carbonyl (C=O) groups excluding carboxylic acids is 1. The van der Waals surface area contributed by atoms with Crippen molar-refractivity contribution in [3.05, 3.63) is 34.9 Å². The van der Waals surface area contributed by atoms with Crippen molar-refractivity contribution in [2.45, 2.75) is 19.4 Å². The second-order valence-electron chi connectivity index (χ2n) is 4.16. The molecule has 1 aromatic rings. The van der Waals surface area contributed by atoms with Crippen LogP contribution >= 0.6 is 11.6 Å². The number of nitrogens with zero attached hydrogens (tertiary/aromatic N) is 2. The summed E-state index contributed by atoms with van der Waals surface area (Å²) < 4.78 is 5.43. The first-order chi connectivity index (χ1) is 9.13. The van der Waals surface area contributed by atoms with Crippen LogP contribution in [0.1, 0.15) is 18.4 Å². The molecular formula is C14H17ClN2O2. The Hall–Kier alpha value is -1.57. The largest absolute Gasteiger partial charge is 0.376 e. The molecule has 0 saturated carbocycles. The van der Waals surface area contributed by atoms with Gasteiger partial charge in [0.2, 0.25) is 5.91 Å². The first-order valence-electron chi connectivity index (χ1n) is 6.06. The third kappa shape index (κ3) is 6.23. The van der Waals surface area contributed by atoms with Crippen molar-refractivity contribution in [1.82, 2.24) is 4.90 Å². The Balaban J connectivity index is 2.20. The van der Waals surface area contributed by atoms with Gasteiger partial charge in [-0.05, 0) is 17.7 Å². The van der Waals surface area contributed by atoms with E-state index in [2.05, 4.69) is 0 Å². The minimum absolute atomic E-state index is 0.0126. The van der Waals surface area contributed by atoms with Crippen LogP contribution in [0.2, 0.25) is 5.02 Å². The Morgan fingerprint density at radius 1 is 1.53 bits per heavy atom. The maximum absolute atomic E-state index is 11.6. The van der Waals surface area contributed by atoms with E-state index in [0.717, 1.165) is 5.56 Å². The molecule has 102 valence electrons. The summed E-state index contributed by atoms with van der Waals surface area (Å²) in [6.07, 6.45) is 0.675. The summed E-state index contributed by atoms with van der Waals surface area (Å²) in [4.78, 5) is 13.2. The van der Waals surface area contributed by atoms with E-state index in [9.17, 15) is 4.79 Å². The summed E-state index contributed by atoms with van der Waals surface area (Å²) in [6, 6.07) is 9.44. The van der Waals surface area contributed by atoms with Gasteiger partial charge < -0.3 is 9.64 Å². The molecule has 0 saturated heterocycles. The fraction of sp³-hybridized carbons (Fsp3) is 0.429. The van der Waals surface area contributed by atoms with E-state index >= 15 is 0 Å². The predicted octanol–water partition coefficient (Wildman–Crippen LogP) is 2.62. The van der Waals surface area contributed by atoms with Gasteiger partial charge in [0.15, 0.2) is 0 Å². The van der Waals surface area contributed by atoms with E-state index in [4.69, 9.17) is 21.6 Å². The molecule has 0 radical (unpaired) electrons. The third-order valence-electron chi connectivity index (χ3n) is 2.60. The number of rotatable bonds is 7. The van der Waals surface area contributed by atoms with Crippen LogP contribution in [0.15, 0.2) is 24.3 Å². The van der Waals surface area contributed by atoms with E-state index in [1.54, 1.807) is 18.0 Å². The molecule has 0 heterocycles. The van der Waals surface area contributed by atoms with Gasteiger partial charge in [-0.15, -0.1) is 0 Å². The molecule has 1 rings (SSSR count). The first kappa shape index (κ1) is 15.5. The first-order valence-corrected chi connectivity index (χ1v) is 6.44. The van der Waals surface area contributed by atoms with E-state index < -0.39 is 0 Å². The second-order valence-corrected chi connectivity index (χ2v) is 4.59. The lowest BCUT2D eigenvalue weighted by Crippen LogP contribution is -2.28. The monoisotopic (exact) mass is 280 g/mol. The van der Waals surface area contributed by atoms with Crippen LogP contribution in [0.5, 0.6) is 0 Å². The summed E-state index contributed by atoms with van der Waals surface area (Å²) in [5.41, 5.74) is 0.984. The molecule has 0 bridgehead atoms. The number of halogens is 1. The molecule has 0 aliphatic carbocycles. The lowest BCUT2D eigenvalue weighted by molar-refractivity contribution is -0.131. The van der Waals surface area contributed by atoms with Gasteiger partial charge in [0.05, 0.1) is 32.1 Å². The van der Waals surface area contributed by atoms with E-state index in [-0.39, 0.29) is 5.91 Å². The number of hydrogen-bond acceptors (Lipinski definition) is 3. The second kappa shape index (κ2) is 8.52. The molecule has 5 heteroatoms. The van der Waals surface area contributed by atoms with E-state index in [0.29, 0.717) is 37.6 Å². The molecule has 4 nitrogen and oxygen atoms in total. The summed E-state index contributed by atoms with van der Waals surface area (Å²) in [7, 11) is 1.69. The minimum Gasteiger partial charge on any atom is -0.376 e. The highest BCUT2D eigenvalue weighted by Crippen LogP contribution is 2.11. The Bertz CT molecular complexity index is 457. The van der Waals surface area contributed by atoms with Gasteiger partial charge in [0, 0.05) is 18.6 Å². The van der Waals surface area contributed by atoms with Crippen LogP contribution in [0, 0.1) is 11.3 Å². The quantitative estimate of drug-likeness (QED) is 0.722. The van der Waals surface area contributed by atoms with Crippen LogP contribution in [0.25, 0.3) is 0 Å². The zero-order valence-corrected chi connectivity index (χ0v) is 11.7. The number of nitriles is 1. The topological polar surface area (TPSA) is 53.3 Å². The van der Waals surface area contributed by atoms with Crippen molar-refractivity contribution in [3.8, 4) is 6.07 Å². The lowest BCUT2D eigenvalue weighted by atomic mass is 10.2. The fourth-order valence-electron chi connectivity index (χ4n) is 1.51. The highest BCUT2D eigenvalue weighted by Gasteiger charge is 2.07. The molecule has 0 unspecified atom stereocenters. The zero-order chi connectivity index (χ0) is 14.1. The summed E-state index contributed by atoms with van der Waals surface area (Å²) in [5.74, 6) is -0.0126. The normalized spacial score (nSPS) is 9.95. The van der Waals surface area contributed by atoms with Crippen molar-refractivity contribution < 1.29 is 9.53 Å². The van der Waals surface area contributed by atoms with Gasteiger partial charge in [-0.25, -0.2) is 0 Å². The third-order valence-corrected chi connectivity index (χ3v) is 2.84. The van der Waals surface area contributed by atoms with Crippen molar-refractivity contribution >= 4 is 17.5 Å². The number of amides is 1. The summed E-state index contributed by atoms with van der Waals surface area (Å²) in [5, 5.41) is 9.11. The molecular weight excluding hydrogens is 264 g/mol. The number of carbonyl (C=O) groups is 1. The number of benzene rings is 1. The number of hydrogen-bond donors (Lipinski definition) is 0. The molecule has 0 atom stereocenters. The molecule has 0 aromatic heterocycles. The highest BCUT2D eigenvalue weighted by molar-refractivity contribution is 6.30. The molecule has 19 heavy (non-hydrogen) atoms. The van der Waals surface area contributed by atoms with E-state index in [1.165, 1.54) is 0 Å². The fourth-order valence-corrected chi connectivity index (χ4v) is 1.72. The van der Waals surface area contributed by atoms with Crippen LogP contribution in [0.3, 0.4) is 0 Å². The van der Waals surface area contributed by atoms with Crippen molar-refractivity contribution in [1.29, 1.82) is 5.26 Å². The predicted molar refractivity (Wildman–Crippen MR) is 73.6 cm³/mol. The van der Waals surface area contributed by atoms with Crippen molar-refractivity contribution in [2.24, 2.45) is 0 Å². The molecule has 0 spiro atoms. The lowest BCUT2D eigenvalue weighted by Gasteiger charge is -2.15. The minimum atomic E-state index is -0.0126. The Morgan fingerprint density at radius 3 is 3.00 bits per heavy atom. The van der Waals surface area contributed by atoms with Gasteiger partial charge in [-0.3, -0.25) is 4.79 Å². The van der Waals surface area contributed by atoms with Gasteiger partial charge in [-0.2, -0.15) is 5.26 Å². The standard InChI is InChI=1S/C14H17ClN2O2/c1-17(8-3-7-16)14(18)6-9-19-11-12-4-2-5-13(15)10-12/h2,4-5,10H,3,6,8-9,11H2,1H3. The van der Waals surface area contributed by atoms with Crippen LogP contribution in [-0.4, -0.2) is 31.0 Å². The van der Waals surface area contributed by atoms with Crippen LogP contribution < -0.4 is 0 Å². The Labute approximate surface area is 118 Å². The van der Waals surface area contributed by atoms with Crippen molar-refractivity contribution in [2.75, 3.05) is 20.2 Å². The van der Waals surface area contributed by atoms with Gasteiger partial charge >= 0.3 is 0 Å². The molecule has 1 aromatic carbocycles. The van der Waals surface area contributed by atoms with Crippen LogP contribution in [-0.2, 0) is 16.1 Å². The molecule has 0 fully saturated rings. The van der Waals surface area contributed by atoms with Gasteiger partial charge in [-0.1, -0.05) is 23.7 Å². The summed E-state index contributed by atoms with van der Waals surface area (Å²) in [6.45, 7) is 1.27. The maximum Gasteiger partial charge on any atom is 0.224 e.